The van der Waals surface area contributed by atoms with Gasteiger partial charge in [0.25, 0.3) is 0 Å². The van der Waals surface area contributed by atoms with Gasteiger partial charge in [-0.2, -0.15) is 0 Å². The highest BCUT2D eigenvalue weighted by Gasteiger charge is 2.41. The van der Waals surface area contributed by atoms with E-state index in [1.165, 1.54) is 0 Å². The van der Waals surface area contributed by atoms with Gasteiger partial charge >= 0.3 is 0 Å². The van der Waals surface area contributed by atoms with Crippen LogP contribution in [0.4, 0.5) is 0 Å². The van der Waals surface area contributed by atoms with Crippen molar-refractivity contribution in [3.05, 3.63) is 41.3 Å². The van der Waals surface area contributed by atoms with Crippen molar-refractivity contribution in [1.82, 2.24) is 9.55 Å². The molecule has 106 valence electrons. The number of benzene rings is 1. The number of hydrogen-bond donors (Lipinski definition) is 1. The maximum absolute atomic E-state index is 11.8. The fourth-order valence-corrected chi connectivity index (χ4v) is 5.39. The molecule has 4 nitrogen and oxygen atoms in total. The predicted molar refractivity (Wildman–Crippen MR) is 82.0 cm³/mol. The number of rotatable bonds is 2. The van der Waals surface area contributed by atoms with Gasteiger partial charge in [-0.15, -0.1) is 0 Å². The van der Waals surface area contributed by atoms with Crippen molar-refractivity contribution in [3.8, 4) is 11.3 Å². The summed E-state index contributed by atoms with van der Waals surface area (Å²) < 4.78 is 26.2. The van der Waals surface area contributed by atoms with E-state index in [0.29, 0.717) is 11.2 Å². The second kappa shape index (κ2) is 4.56. The molecule has 0 amide bonds. The SMILES string of the molecule is CC1(n2c(-c3ccccc3)c[nH]c2=S)CCS(=O)(=O)C1. The van der Waals surface area contributed by atoms with Gasteiger partial charge < -0.3 is 9.55 Å². The Hall–Kier alpha value is -1.40. The number of aromatic amines is 1. The molecule has 2 heterocycles. The molecule has 0 saturated carbocycles. The molecule has 1 unspecified atom stereocenters. The molecular formula is C14H16N2O2S2. The molecule has 1 aliphatic rings. The lowest BCUT2D eigenvalue weighted by atomic mass is 10.0. The van der Waals surface area contributed by atoms with E-state index in [4.69, 9.17) is 12.2 Å². The van der Waals surface area contributed by atoms with Gasteiger partial charge in [-0.1, -0.05) is 30.3 Å². The molecule has 1 atom stereocenters. The smallest absolute Gasteiger partial charge is 0.178 e. The molecule has 3 rings (SSSR count). The number of aromatic nitrogens is 2. The van der Waals surface area contributed by atoms with Crippen LogP contribution in [-0.4, -0.2) is 29.5 Å². The molecule has 1 saturated heterocycles. The molecule has 1 aliphatic heterocycles. The Bertz CT molecular complexity index is 790. The van der Waals surface area contributed by atoms with Crippen LogP contribution in [0.2, 0.25) is 0 Å². The van der Waals surface area contributed by atoms with Crippen LogP contribution in [0.15, 0.2) is 36.5 Å². The molecular weight excluding hydrogens is 292 g/mol. The van der Waals surface area contributed by atoms with E-state index in [0.717, 1.165) is 11.3 Å². The minimum atomic E-state index is -2.98. The normalized spacial score (nSPS) is 24.9. The third-order valence-corrected chi connectivity index (χ3v) is 6.06. The van der Waals surface area contributed by atoms with Crippen LogP contribution in [0, 0.1) is 4.77 Å². The minimum Gasteiger partial charge on any atom is -0.337 e. The minimum absolute atomic E-state index is 0.145. The first-order chi connectivity index (χ1) is 9.41. The zero-order chi connectivity index (χ0) is 14.4. The fourth-order valence-electron chi connectivity index (χ4n) is 2.90. The number of H-pyrrole nitrogens is 1. The lowest BCUT2D eigenvalue weighted by Crippen LogP contribution is -2.32. The summed E-state index contributed by atoms with van der Waals surface area (Å²) in [4.78, 5) is 3.05. The molecule has 1 fully saturated rings. The molecule has 2 aromatic rings. The molecule has 0 bridgehead atoms. The second-order valence-corrected chi connectivity index (χ2v) is 8.09. The zero-order valence-corrected chi connectivity index (χ0v) is 12.8. The number of hydrogen-bond acceptors (Lipinski definition) is 3. The van der Waals surface area contributed by atoms with Gasteiger partial charge in [-0.25, -0.2) is 8.42 Å². The molecule has 6 heteroatoms. The van der Waals surface area contributed by atoms with Crippen LogP contribution >= 0.6 is 12.2 Å². The van der Waals surface area contributed by atoms with Crippen molar-refractivity contribution in [3.63, 3.8) is 0 Å². The highest BCUT2D eigenvalue weighted by Crippen LogP contribution is 2.35. The highest BCUT2D eigenvalue weighted by atomic mass is 32.2. The first-order valence-corrected chi connectivity index (χ1v) is 8.71. The second-order valence-electron chi connectivity index (χ2n) is 5.52. The van der Waals surface area contributed by atoms with Crippen LogP contribution in [-0.2, 0) is 15.4 Å². The van der Waals surface area contributed by atoms with Crippen molar-refractivity contribution in [2.75, 3.05) is 11.5 Å². The van der Waals surface area contributed by atoms with Crippen molar-refractivity contribution in [2.24, 2.45) is 0 Å². The molecule has 1 aromatic heterocycles. The first-order valence-electron chi connectivity index (χ1n) is 6.48. The maximum atomic E-state index is 11.8. The molecule has 0 aliphatic carbocycles. The molecule has 20 heavy (non-hydrogen) atoms. The van der Waals surface area contributed by atoms with E-state index in [1.54, 1.807) is 0 Å². The van der Waals surface area contributed by atoms with E-state index < -0.39 is 15.4 Å². The van der Waals surface area contributed by atoms with Gasteiger partial charge in [-0.05, 0) is 31.1 Å². The van der Waals surface area contributed by atoms with Crippen LogP contribution in [0.1, 0.15) is 13.3 Å². The molecule has 0 spiro atoms. The Labute approximate surface area is 123 Å². The van der Waals surface area contributed by atoms with Gasteiger partial charge in [0.05, 0.1) is 22.7 Å². The molecule has 1 aromatic carbocycles. The lowest BCUT2D eigenvalue weighted by Gasteiger charge is -2.26. The fraction of sp³-hybridized carbons (Fsp3) is 0.357. The van der Waals surface area contributed by atoms with Gasteiger partial charge in [0, 0.05) is 6.20 Å². The van der Waals surface area contributed by atoms with Crippen molar-refractivity contribution in [2.45, 2.75) is 18.9 Å². The third-order valence-electron chi connectivity index (χ3n) is 3.87. The van der Waals surface area contributed by atoms with E-state index in [9.17, 15) is 8.42 Å². The van der Waals surface area contributed by atoms with Crippen LogP contribution in [0.5, 0.6) is 0 Å². The average molecular weight is 308 g/mol. The quantitative estimate of drug-likeness (QED) is 0.868. The largest absolute Gasteiger partial charge is 0.337 e. The Morgan fingerprint density at radius 3 is 2.60 bits per heavy atom. The third kappa shape index (κ3) is 2.23. The monoisotopic (exact) mass is 308 g/mol. The summed E-state index contributed by atoms with van der Waals surface area (Å²) in [5.41, 5.74) is 1.50. The first kappa shape index (κ1) is 13.6. The van der Waals surface area contributed by atoms with Gasteiger partial charge in [0.1, 0.15) is 0 Å². The standard InChI is InChI=1S/C14H16N2O2S2/c1-14(7-8-20(17,18)10-14)16-12(9-15-13(16)19)11-5-3-2-4-6-11/h2-6,9H,7-8,10H2,1H3,(H,15,19). The highest BCUT2D eigenvalue weighted by molar-refractivity contribution is 7.91. The summed E-state index contributed by atoms with van der Waals surface area (Å²) in [6.07, 6.45) is 2.45. The van der Waals surface area contributed by atoms with E-state index in [2.05, 4.69) is 4.98 Å². The predicted octanol–water partition coefficient (Wildman–Crippen LogP) is 2.75. The maximum Gasteiger partial charge on any atom is 0.178 e. The van der Waals surface area contributed by atoms with Crippen molar-refractivity contribution >= 4 is 22.1 Å². The van der Waals surface area contributed by atoms with Crippen LogP contribution < -0.4 is 0 Å². The van der Waals surface area contributed by atoms with Crippen LogP contribution in [0.25, 0.3) is 11.3 Å². The molecule has 1 N–H and O–H groups in total. The van der Waals surface area contributed by atoms with E-state index in [-0.39, 0.29) is 11.5 Å². The Morgan fingerprint density at radius 2 is 2.00 bits per heavy atom. The number of imidazole rings is 1. The van der Waals surface area contributed by atoms with Crippen molar-refractivity contribution < 1.29 is 8.42 Å². The van der Waals surface area contributed by atoms with Crippen LogP contribution in [0.3, 0.4) is 0 Å². The lowest BCUT2D eigenvalue weighted by molar-refractivity contribution is 0.365. The topological polar surface area (TPSA) is 54.9 Å². The van der Waals surface area contributed by atoms with E-state index in [1.807, 2.05) is 48.0 Å². The summed E-state index contributed by atoms with van der Waals surface area (Å²) in [6, 6.07) is 9.88. The Morgan fingerprint density at radius 1 is 1.30 bits per heavy atom. The Balaban J connectivity index is 2.16. The van der Waals surface area contributed by atoms with Crippen molar-refractivity contribution in [1.29, 1.82) is 0 Å². The number of sulfone groups is 1. The Kier molecular flexibility index (Phi) is 3.10. The van der Waals surface area contributed by atoms with Gasteiger partial charge in [0.15, 0.2) is 14.6 Å². The summed E-state index contributed by atoms with van der Waals surface area (Å²) in [6.45, 7) is 1.97. The zero-order valence-electron chi connectivity index (χ0n) is 11.2. The van der Waals surface area contributed by atoms with Gasteiger partial charge in [-0.3, -0.25) is 0 Å². The summed E-state index contributed by atoms with van der Waals surface area (Å²) >= 11 is 5.37. The summed E-state index contributed by atoms with van der Waals surface area (Å²) in [5, 5.41) is 0. The number of nitrogens with one attached hydrogen (secondary N) is 1. The van der Waals surface area contributed by atoms with E-state index >= 15 is 0 Å². The number of nitrogens with zero attached hydrogens (tertiary/aromatic N) is 1. The average Bonchev–Trinajstić information content (AvgIpc) is 2.92. The summed E-state index contributed by atoms with van der Waals surface area (Å²) in [7, 11) is -2.98. The summed E-state index contributed by atoms with van der Waals surface area (Å²) in [5.74, 6) is 0.372. The van der Waals surface area contributed by atoms with Gasteiger partial charge in [0.2, 0.25) is 0 Å². The molecule has 0 radical (unpaired) electrons.